The molecule has 2 aromatic carbocycles. The van der Waals surface area contributed by atoms with Crippen molar-refractivity contribution in [3.05, 3.63) is 106 Å². The average Bonchev–Trinajstić information content (AvgIpc) is 2.74. The number of nitrogens with zero attached hydrogens (tertiary/aromatic N) is 4. The number of pyridine rings is 1. The van der Waals surface area contributed by atoms with Crippen molar-refractivity contribution in [2.24, 2.45) is 4.99 Å². The molecular formula is C23H20N4O2. The number of hydrogen-bond acceptors (Lipinski definition) is 3. The predicted molar refractivity (Wildman–Crippen MR) is 111 cm³/mol. The lowest BCUT2D eigenvalue weighted by Crippen LogP contribution is -2.29. The molecule has 1 amide bonds. The van der Waals surface area contributed by atoms with Gasteiger partial charge in [-0.25, -0.2) is 4.68 Å². The van der Waals surface area contributed by atoms with Crippen LogP contribution in [0.25, 0.3) is 10.8 Å². The van der Waals surface area contributed by atoms with Gasteiger partial charge in [-0.05, 0) is 30.7 Å². The van der Waals surface area contributed by atoms with Crippen LogP contribution in [-0.2, 0) is 17.9 Å². The van der Waals surface area contributed by atoms with Gasteiger partial charge in [0.15, 0.2) is 0 Å². The second-order valence-electron chi connectivity index (χ2n) is 6.77. The number of benzene rings is 2. The Morgan fingerprint density at radius 2 is 1.62 bits per heavy atom. The molecule has 0 spiro atoms. The van der Waals surface area contributed by atoms with E-state index in [9.17, 15) is 9.59 Å². The molecule has 6 heteroatoms. The van der Waals surface area contributed by atoms with Crippen LogP contribution in [-0.4, -0.2) is 20.3 Å². The fraction of sp³-hybridized carbons (Fsp3) is 0.130. The maximum Gasteiger partial charge on any atom is 0.275 e. The van der Waals surface area contributed by atoms with Gasteiger partial charge in [-0.1, -0.05) is 54.6 Å². The number of fused-ring (bicyclic) bond motifs is 1. The second kappa shape index (κ2) is 8.06. The smallest absolute Gasteiger partial charge is 0.275 e. The molecule has 0 saturated carbocycles. The van der Waals surface area contributed by atoms with Crippen LogP contribution in [0, 0.1) is 6.92 Å². The molecule has 4 aromatic rings. The predicted octanol–water partition coefficient (Wildman–Crippen LogP) is 2.68. The molecule has 0 aliphatic rings. The maximum atomic E-state index is 12.7. The summed E-state index contributed by atoms with van der Waals surface area (Å²) in [5.41, 5.74) is 2.05. The molecule has 0 aliphatic heterocycles. The first-order chi connectivity index (χ1) is 14.1. The SMILES string of the molecule is Cc1nn(CC(=O)N=c2ccccn2Cc2ccccc2)c(=O)c2ccccc12. The van der Waals surface area contributed by atoms with Crippen LogP contribution in [0.2, 0.25) is 0 Å². The monoisotopic (exact) mass is 384 g/mol. The Balaban J connectivity index is 1.66. The molecule has 0 N–H and O–H groups in total. The normalized spacial score (nSPS) is 11.7. The van der Waals surface area contributed by atoms with Crippen molar-refractivity contribution >= 4 is 16.7 Å². The second-order valence-corrected chi connectivity index (χ2v) is 6.77. The van der Waals surface area contributed by atoms with Crippen molar-refractivity contribution in [2.75, 3.05) is 0 Å². The number of carbonyl (C=O) groups excluding carboxylic acids is 1. The molecule has 0 aliphatic carbocycles. The molecule has 0 radical (unpaired) electrons. The molecule has 4 rings (SSSR count). The number of carbonyl (C=O) groups is 1. The van der Waals surface area contributed by atoms with Gasteiger partial charge in [-0.2, -0.15) is 10.1 Å². The summed E-state index contributed by atoms with van der Waals surface area (Å²) in [6.07, 6.45) is 1.88. The lowest BCUT2D eigenvalue weighted by Gasteiger charge is -2.08. The largest absolute Gasteiger partial charge is 0.328 e. The van der Waals surface area contributed by atoms with Crippen LogP contribution in [0.5, 0.6) is 0 Å². The lowest BCUT2D eigenvalue weighted by atomic mass is 10.1. The molecule has 0 fully saturated rings. The maximum absolute atomic E-state index is 12.7. The fourth-order valence-electron chi connectivity index (χ4n) is 3.29. The summed E-state index contributed by atoms with van der Waals surface area (Å²) in [7, 11) is 0. The molecule has 2 aromatic heterocycles. The van der Waals surface area contributed by atoms with Crippen molar-refractivity contribution in [2.45, 2.75) is 20.0 Å². The van der Waals surface area contributed by atoms with Gasteiger partial charge >= 0.3 is 0 Å². The number of rotatable bonds is 4. The molecular weight excluding hydrogens is 364 g/mol. The van der Waals surface area contributed by atoms with Gasteiger partial charge in [0.1, 0.15) is 12.0 Å². The Kier molecular flexibility index (Phi) is 5.16. The Morgan fingerprint density at radius 1 is 0.931 bits per heavy atom. The van der Waals surface area contributed by atoms with E-state index in [0.29, 0.717) is 23.1 Å². The van der Waals surface area contributed by atoms with Gasteiger partial charge in [0.05, 0.1) is 11.1 Å². The average molecular weight is 384 g/mol. The van der Waals surface area contributed by atoms with E-state index in [4.69, 9.17) is 0 Å². The van der Waals surface area contributed by atoms with Gasteiger partial charge in [0.2, 0.25) is 0 Å². The van der Waals surface area contributed by atoms with Crippen LogP contribution in [0.1, 0.15) is 11.3 Å². The van der Waals surface area contributed by atoms with E-state index < -0.39 is 5.91 Å². The Labute approximate surface area is 167 Å². The lowest BCUT2D eigenvalue weighted by molar-refractivity contribution is -0.118. The molecule has 6 nitrogen and oxygen atoms in total. The Bertz CT molecular complexity index is 1300. The minimum Gasteiger partial charge on any atom is -0.328 e. The molecule has 0 atom stereocenters. The Hall–Kier alpha value is -3.80. The molecule has 2 heterocycles. The van der Waals surface area contributed by atoms with E-state index >= 15 is 0 Å². The third-order valence-corrected chi connectivity index (χ3v) is 4.69. The molecule has 144 valence electrons. The van der Waals surface area contributed by atoms with E-state index in [1.54, 1.807) is 18.2 Å². The fourth-order valence-corrected chi connectivity index (χ4v) is 3.29. The van der Waals surface area contributed by atoms with Crippen molar-refractivity contribution in [1.82, 2.24) is 14.3 Å². The number of aromatic nitrogens is 3. The summed E-state index contributed by atoms with van der Waals surface area (Å²) < 4.78 is 3.09. The highest BCUT2D eigenvalue weighted by Crippen LogP contribution is 2.11. The Morgan fingerprint density at radius 3 is 2.41 bits per heavy atom. The summed E-state index contributed by atoms with van der Waals surface area (Å²) in [4.78, 5) is 29.5. The summed E-state index contributed by atoms with van der Waals surface area (Å²) in [6, 6.07) is 22.7. The van der Waals surface area contributed by atoms with E-state index in [2.05, 4.69) is 10.1 Å². The zero-order valence-electron chi connectivity index (χ0n) is 16.0. The van der Waals surface area contributed by atoms with Crippen LogP contribution < -0.4 is 11.0 Å². The van der Waals surface area contributed by atoms with E-state index in [1.807, 2.05) is 72.3 Å². The minimum absolute atomic E-state index is 0.204. The third kappa shape index (κ3) is 4.06. The molecule has 0 unspecified atom stereocenters. The van der Waals surface area contributed by atoms with Crippen LogP contribution in [0.3, 0.4) is 0 Å². The standard InChI is InChI=1S/C23H20N4O2/c1-17-19-11-5-6-12-20(19)23(29)27(25-17)16-22(28)24-21-13-7-8-14-26(21)15-18-9-3-2-4-10-18/h2-14H,15-16H2,1H3. The summed E-state index contributed by atoms with van der Waals surface area (Å²) in [6.45, 7) is 2.22. The van der Waals surface area contributed by atoms with E-state index in [0.717, 1.165) is 10.9 Å². The van der Waals surface area contributed by atoms with Crippen molar-refractivity contribution < 1.29 is 4.79 Å². The van der Waals surface area contributed by atoms with Crippen molar-refractivity contribution in [1.29, 1.82) is 0 Å². The molecule has 0 bridgehead atoms. The number of hydrogen-bond donors (Lipinski definition) is 0. The highest BCUT2D eigenvalue weighted by atomic mass is 16.2. The molecule has 0 saturated heterocycles. The summed E-state index contributed by atoms with van der Waals surface area (Å²) in [5.74, 6) is -0.428. The number of aryl methyl sites for hydroxylation is 1. The summed E-state index contributed by atoms with van der Waals surface area (Å²) in [5, 5.41) is 5.63. The number of amides is 1. The van der Waals surface area contributed by atoms with Crippen molar-refractivity contribution in [3.8, 4) is 0 Å². The molecule has 29 heavy (non-hydrogen) atoms. The van der Waals surface area contributed by atoms with Gasteiger partial charge in [0, 0.05) is 18.1 Å². The highest BCUT2D eigenvalue weighted by molar-refractivity contribution is 5.83. The van der Waals surface area contributed by atoms with Gasteiger partial charge in [-0.3, -0.25) is 9.59 Å². The van der Waals surface area contributed by atoms with Crippen LogP contribution >= 0.6 is 0 Å². The third-order valence-electron chi connectivity index (χ3n) is 4.69. The van der Waals surface area contributed by atoms with Crippen molar-refractivity contribution in [3.63, 3.8) is 0 Å². The first-order valence-electron chi connectivity index (χ1n) is 9.35. The van der Waals surface area contributed by atoms with E-state index in [-0.39, 0.29) is 12.1 Å². The first kappa shape index (κ1) is 18.6. The highest BCUT2D eigenvalue weighted by Gasteiger charge is 2.10. The summed E-state index contributed by atoms with van der Waals surface area (Å²) >= 11 is 0. The zero-order chi connectivity index (χ0) is 20.2. The minimum atomic E-state index is -0.428. The quantitative estimate of drug-likeness (QED) is 0.543. The zero-order valence-corrected chi connectivity index (χ0v) is 16.0. The van der Waals surface area contributed by atoms with E-state index in [1.165, 1.54) is 4.68 Å². The van der Waals surface area contributed by atoms with Gasteiger partial charge in [-0.15, -0.1) is 0 Å². The topological polar surface area (TPSA) is 69.2 Å². The van der Waals surface area contributed by atoms with Crippen LogP contribution in [0.15, 0.2) is 88.8 Å². The van der Waals surface area contributed by atoms with Gasteiger partial charge < -0.3 is 4.57 Å². The van der Waals surface area contributed by atoms with Crippen LogP contribution in [0.4, 0.5) is 0 Å². The first-order valence-corrected chi connectivity index (χ1v) is 9.35. The van der Waals surface area contributed by atoms with Gasteiger partial charge in [0.25, 0.3) is 11.5 Å².